The Morgan fingerprint density at radius 2 is 1.57 bits per heavy atom. The monoisotopic (exact) mass is 418 g/mol. The van der Waals surface area contributed by atoms with Gasteiger partial charge in [-0.25, -0.2) is 9.78 Å². The van der Waals surface area contributed by atoms with Gasteiger partial charge < -0.3 is 15.4 Å². The van der Waals surface area contributed by atoms with Crippen LogP contribution in [0.25, 0.3) is 10.2 Å². The first-order chi connectivity index (χ1) is 14.6. The number of thiazole rings is 1. The van der Waals surface area contributed by atoms with Gasteiger partial charge in [0.25, 0.3) is 5.91 Å². The van der Waals surface area contributed by atoms with Gasteiger partial charge in [0, 0.05) is 16.9 Å². The molecule has 3 amide bonds. The third-order valence-electron chi connectivity index (χ3n) is 4.25. The molecule has 4 aromatic rings. The molecule has 0 unspecified atom stereocenters. The Kier molecular flexibility index (Phi) is 5.58. The Labute approximate surface area is 176 Å². The average Bonchev–Trinajstić information content (AvgIpc) is 3.16. The summed E-state index contributed by atoms with van der Waals surface area (Å²) in [7, 11) is 1.59. The van der Waals surface area contributed by atoms with E-state index in [-0.39, 0.29) is 11.9 Å². The molecule has 0 aliphatic rings. The Morgan fingerprint density at radius 1 is 0.867 bits per heavy atom. The van der Waals surface area contributed by atoms with Gasteiger partial charge in [0.2, 0.25) is 0 Å². The number of methoxy groups -OCH3 is 1. The van der Waals surface area contributed by atoms with Crippen molar-refractivity contribution in [2.24, 2.45) is 0 Å². The summed E-state index contributed by atoms with van der Waals surface area (Å²) in [5.74, 6) is 0.497. The van der Waals surface area contributed by atoms with Crippen molar-refractivity contribution in [3.05, 3.63) is 78.4 Å². The summed E-state index contributed by atoms with van der Waals surface area (Å²) in [6, 6.07) is 21.0. The van der Waals surface area contributed by atoms with Crippen molar-refractivity contribution >= 4 is 50.0 Å². The highest BCUT2D eigenvalue weighted by Crippen LogP contribution is 2.28. The lowest BCUT2D eigenvalue weighted by Gasteiger charge is -2.08. The molecule has 7 nitrogen and oxygen atoms in total. The van der Waals surface area contributed by atoms with Gasteiger partial charge in [0.05, 0.1) is 17.3 Å². The fraction of sp³-hybridized carbons (Fsp3) is 0.0455. The molecule has 8 heteroatoms. The fourth-order valence-electron chi connectivity index (χ4n) is 2.79. The topological polar surface area (TPSA) is 92.4 Å². The van der Waals surface area contributed by atoms with Crippen molar-refractivity contribution in [2.75, 3.05) is 23.1 Å². The minimum atomic E-state index is -0.368. The fourth-order valence-corrected chi connectivity index (χ4v) is 3.63. The van der Waals surface area contributed by atoms with Crippen molar-refractivity contribution in [1.82, 2.24) is 4.98 Å². The molecule has 30 heavy (non-hydrogen) atoms. The molecule has 0 radical (unpaired) electrons. The smallest absolute Gasteiger partial charge is 0.323 e. The number of anilines is 3. The molecule has 0 atom stereocenters. The summed E-state index contributed by atoms with van der Waals surface area (Å²) in [5, 5.41) is 8.85. The van der Waals surface area contributed by atoms with E-state index in [1.54, 1.807) is 55.6 Å². The Hall–Kier alpha value is -3.91. The second kappa shape index (κ2) is 8.62. The van der Waals surface area contributed by atoms with E-state index in [9.17, 15) is 9.59 Å². The maximum Gasteiger partial charge on any atom is 0.323 e. The van der Waals surface area contributed by atoms with Crippen LogP contribution in [0.2, 0.25) is 0 Å². The van der Waals surface area contributed by atoms with E-state index in [1.807, 2.05) is 24.3 Å². The van der Waals surface area contributed by atoms with E-state index in [2.05, 4.69) is 20.9 Å². The molecule has 0 aliphatic heterocycles. The van der Waals surface area contributed by atoms with Crippen LogP contribution in [0, 0.1) is 0 Å². The van der Waals surface area contributed by atoms with Crippen LogP contribution in [0.3, 0.4) is 0 Å². The molecule has 0 bridgehead atoms. The van der Waals surface area contributed by atoms with E-state index < -0.39 is 0 Å². The van der Waals surface area contributed by atoms with E-state index >= 15 is 0 Å². The summed E-state index contributed by atoms with van der Waals surface area (Å²) in [4.78, 5) is 29.0. The minimum Gasteiger partial charge on any atom is -0.497 e. The quantitative estimate of drug-likeness (QED) is 0.415. The molecule has 4 rings (SSSR count). The number of carbonyl (C=O) groups is 2. The lowest BCUT2D eigenvalue weighted by atomic mass is 10.2. The normalized spacial score (nSPS) is 10.4. The molecule has 0 spiro atoms. The highest BCUT2D eigenvalue weighted by Gasteiger charge is 2.11. The van der Waals surface area contributed by atoms with Crippen LogP contribution in [-0.4, -0.2) is 24.0 Å². The Bertz CT molecular complexity index is 1190. The number of rotatable bonds is 5. The minimum absolute atomic E-state index is 0.216. The van der Waals surface area contributed by atoms with Gasteiger partial charge in [-0.2, -0.15) is 0 Å². The van der Waals surface area contributed by atoms with Gasteiger partial charge in [-0.05, 0) is 54.6 Å². The van der Waals surface area contributed by atoms with Crippen molar-refractivity contribution in [2.45, 2.75) is 0 Å². The number of fused-ring (bicyclic) bond motifs is 1. The number of benzene rings is 3. The number of aromatic nitrogens is 1. The second-order valence-corrected chi connectivity index (χ2v) is 7.36. The molecule has 3 aromatic carbocycles. The summed E-state index contributed by atoms with van der Waals surface area (Å²) in [6.45, 7) is 0. The average molecular weight is 418 g/mol. The van der Waals surface area contributed by atoms with Gasteiger partial charge in [-0.1, -0.05) is 29.5 Å². The molecule has 150 valence electrons. The molecule has 0 saturated heterocycles. The summed E-state index contributed by atoms with van der Waals surface area (Å²) in [6.07, 6.45) is 0. The maximum atomic E-state index is 12.3. The molecule has 1 aromatic heterocycles. The third kappa shape index (κ3) is 4.56. The van der Waals surface area contributed by atoms with Crippen LogP contribution in [0.15, 0.2) is 72.8 Å². The number of hydrogen-bond donors (Lipinski definition) is 3. The molecule has 0 fully saturated rings. The van der Waals surface area contributed by atoms with Crippen molar-refractivity contribution in [3.8, 4) is 5.75 Å². The summed E-state index contributed by atoms with van der Waals surface area (Å²) in [5.41, 5.74) is 2.49. The molecule has 1 heterocycles. The van der Waals surface area contributed by atoms with E-state index in [4.69, 9.17) is 4.74 Å². The van der Waals surface area contributed by atoms with Crippen molar-refractivity contribution in [3.63, 3.8) is 0 Å². The van der Waals surface area contributed by atoms with Crippen molar-refractivity contribution < 1.29 is 14.3 Å². The van der Waals surface area contributed by atoms with Gasteiger partial charge in [0.1, 0.15) is 5.75 Å². The van der Waals surface area contributed by atoms with Gasteiger partial charge in [-0.15, -0.1) is 0 Å². The molecule has 0 saturated carbocycles. The molecule has 0 aliphatic carbocycles. The first-order valence-corrected chi connectivity index (χ1v) is 9.91. The van der Waals surface area contributed by atoms with Gasteiger partial charge in [-0.3, -0.25) is 10.1 Å². The standard InChI is InChI=1S/C22H18N4O3S/c1-29-17-10-7-15(8-11-17)23-21(28)24-16-9-12-19-18(13-16)25-22(30-19)26-20(27)14-5-3-2-4-6-14/h2-13H,1H3,(H2,23,24,28)(H,25,26,27). The zero-order valence-electron chi connectivity index (χ0n) is 16.0. The first-order valence-electron chi connectivity index (χ1n) is 9.10. The van der Waals surface area contributed by atoms with Crippen LogP contribution < -0.4 is 20.7 Å². The predicted molar refractivity (Wildman–Crippen MR) is 120 cm³/mol. The zero-order chi connectivity index (χ0) is 20.9. The van der Waals surface area contributed by atoms with Crippen LogP contribution in [0.1, 0.15) is 10.4 Å². The second-order valence-electron chi connectivity index (χ2n) is 6.33. The number of urea groups is 1. The molecular formula is C22H18N4O3S. The van der Waals surface area contributed by atoms with Gasteiger partial charge in [0.15, 0.2) is 5.13 Å². The number of hydrogen-bond acceptors (Lipinski definition) is 5. The lowest BCUT2D eigenvalue weighted by molar-refractivity contribution is 0.102. The van der Waals surface area contributed by atoms with Crippen LogP contribution in [-0.2, 0) is 0 Å². The summed E-state index contributed by atoms with van der Waals surface area (Å²) < 4.78 is 6.00. The summed E-state index contributed by atoms with van der Waals surface area (Å²) >= 11 is 1.37. The zero-order valence-corrected chi connectivity index (χ0v) is 16.8. The first kappa shape index (κ1) is 19.4. The third-order valence-corrected chi connectivity index (χ3v) is 5.20. The molecular weight excluding hydrogens is 400 g/mol. The maximum absolute atomic E-state index is 12.3. The molecule has 3 N–H and O–H groups in total. The SMILES string of the molecule is COc1ccc(NC(=O)Nc2ccc3sc(NC(=O)c4ccccc4)nc3c2)cc1. The van der Waals surface area contributed by atoms with E-state index in [0.29, 0.717) is 33.3 Å². The van der Waals surface area contributed by atoms with Gasteiger partial charge >= 0.3 is 6.03 Å². The number of nitrogens with zero attached hydrogens (tertiary/aromatic N) is 1. The Balaban J connectivity index is 1.42. The highest BCUT2D eigenvalue weighted by molar-refractivity contribution is 7.22. The highest BCUT2D eigenvalue weighted by atomic mass is 32.1. The number of amides is 3. The van der Waals surface area contributed by atoms with Crippen LogP contribution in [0.4, 0.5) is 21.3 Å². The Morgan fingerprint density at radius 3 is 2.30 bits per heavy atom. The van der Waals surface area contributed by atoms with Crippen molar-refractivity contribution in [1.29, 1.82) is 0 Å². The lowest BCUT2D eigenvalue weighted by Crippen LogP contribution is -2.19. The largest absolute Gasteiger partial charge is 0.497 e. The number of carbonyl (C=O) groups excluding carboxylic acids is 2. The van der Waals surface area contributed by atoms with E-state index in [1.165, 1.54) is 11.3 Å². The predicted octanol–water partition coefficient (Wildman–Crippen LogP) is 5.20. The van der Waals surface area contributed by atoms with Crippen LogP contribution >= 0.6 is 11.3 Å². The van der Waals surface area contributed by atoms with Crippen LogP contribution in [0.5, 0.6) is 5.75 Å². The number of nitrogens with one attached hydrogen (secondary N) is 3. The number of ether oxygens (including phenoxy) is 1. The van der Waals surface area contributed by atoms with E-state index in [0.717, 1.165) is 4.70 Å².